The molecule has 0 bridgehead atoms. The van der Waals surface area contributed by atoms with E-state index in [1.165, 1.54) is 11.1 Å². The van der Waals surface area contributed by atoms with Gasteiger partial charge in [-0.05, 0) is 48.8 Å². The van der Waals surface area contributed by atoms with Crippen LogP contribution in [0.2, 0.25) is 0 Å². The third kappa shape index (κ3) is 4.05. The number of piperidine rings is 2. The Morgan fingerprint density at radius 2 is 1.92 bits per heavy atom. The highest BCUT2D eigenvalue weighted by atomic mass is 16.3. The summed E-state index contributed by atoms with van der Waals surface area (Å²) in [7, 11) is 0. The van der Waals surface area contributed by atoms with Crippen molar-refractivity contribution in [2.75, 3.05) is 19.6 Å². The number of rotatable bonds is 3. The van der Waals surface area contributed by atoms with E-state index in [0.29, 0.717) is 37.9 Å². The number of nitrogens with zero attached hydrogens (tertiary/aromatic N) is 1. The van der Waals surface area contributed by atoms with Crippen LogP contribution in [0.15, 0.2) is 24.3 Å². The van der Waals surface area contributed by atoms with Gasteiger partial charge in [-0.15, -0.1) is 0 Å². The molecule has 25 heavy (non-hydrogen) atoms. The van der Waals surface area contributed by atoms with Gasteiger partial charge in [-0.2, -0.15) is 0 Å². The van der Waals surface area contributed by atoms with Gasteiger partial charge in [0.25, 0.3) is 0 Å². The normalized spacial score (nSPS) is 28.4. The number of hydrogen-bond acceptors (Lipinski definition) is 4. The minimum Gasteiger partial charge on any atom is -0.390 e. The summed E-state index contributed by atoms with van der Waals surface area (Å²) in [4.78, 5) is 14.5. The molecule has 1 aromatic carbocycles. The molecule has 2 saturated heterocycles. The highest BCUT2D eigenvalue weighted by Gasteiger charge is 2.38. The summed E-state index contributed by atoms with van der Waals surface area (Å²) >= 11 is 0. The van der Waals surface area contributed by atoms with E-state index in [1.807, 2.05) is 4.90 Å². The molecule has 1 amide bonds. The van der Waals surface area contributed by atoms with Crippen LogP contribution in [-0.2, 0) is 4.79 Å². The largest absolute Gasteiger partial charge is 0.390 e. The second-order valence-corrected chi connectivity index (χ2v) is 7.70. The molecular formula is C20H30N2O3. The molecule has 2 fully saturated rings. The molecule has 3 unspecified atom stereocenters. The first kappa shape index (κ1) is 18.4. The lowest BCUT2D eigenvalue weighted by atomic mass is 9.87. The number of hydrogen-bond donors (Lipinski definition) is 3. The van der Waals surface area contributed by atoms with Gasteiger partial charge >= 0.3 is 0 Å². The molecule has 3 N–H and O–H groups in total. The lowest BCUT2D eigenvalue weighted by Gasteiger charge is -2.38. The van der Waals surface area contributed by atoms with Crippen molar-refractivity contribution in [3.05, 3.63) is 35.4 Å². The number of aliphatic hydroxyl groups is 2. The first-order valence-corrected chi connectivity index (χ1v) is 9.45. The van der Waals surface area contributed by atoms with Crippen molar-refractivity contribution in [2.24, 2.45) is 0 Å². The van der Waals surface area contributed by atoms with Gasteiger partial charge in [0, 0.05) is 13.1 Å². The Bertz CT molecular complexity index is 596. The standard InChI is InChI=1S/C20H30N2O3/c1-13(2)15-4-3-5-16(12-15)14-7-10-22(11-8-14)20(25)18-19(24)17(23)6-9-21-18/h3-5,12-14,17-19,21,23-24H,6-11H2,1-2H3. The van der Waals surface area contributed by atoms with E-state index in [4.69, 9.17) is 0 Å². The third-order valence-corrected chi connectivity index (χ3v) is 5.66. The summed E-state index contributed by atoms with van der Waals surface area (Å²) in [6.45, 7) is 6.38. The molecule has 5 heteroatoms. The fraction of sp³-hybridized carbons (Fsp3) is 0.650. The Balaban J connectivity index is 1.60. The van der Waals surface area contributed by atoms with Crippen LogP contribution in [0.4, 0.5) is 0 Å². The molecular weight excluding hydrogens is 316 g/mol. The summed E-state index contributed by atoms with van der Waals surface area (Å²) < 4.78 is 0. The minimum absolute atomic E-state index is 0.0827. The van der Waals surface area contributed by atoms with Gasteiger partial charge in [0.2, 0.25) is 5.91 Å². The van der Waals surface area contributed by atoms with Crippen LogP contribution < -0.4 is 5.32 Å². The predicted molar refractivity (Wildman–Crippen MR) is 97.5 cm³/mol. The van der Waals surface area contributed by atoms with Crippen LogP contribution in [0.1, 0.15) is 56.1 Å². The highest BCUT2D eigenvalue weighted by Crippen LogP contribution is 2.30. The van der Waals surface area contributed by atoms with Crippen LogP contribution in [0, 0.1) is 0 Å². The van der Waals surface area contributed by atoms with Crippen molar-refractivity contribution in [1.82, 2.24) is 10.2 Å². The molecule has 0 saturated carbocycles. The van der Waals surface area contributed by atoms with Crippen molar-refractivity contribution in [1.29, 1.82) is 0 Å². The molecule has 0 radical (unpaired) electrons. The molecule has 1 aromatic rings. The molecule has 0 aliphatic carbocycles. The molecule has 0 spiro atoms. The van der Waals surface area contributed by atoms with Gasteiger partial charge in [-0.25, -0.2) is 0 Å². The second kappa shape index (κ2) is 7.85. The van der Waals surface area contributed by atoms with Gasteiger partial charge in [0.05, 0.1) is 6.10 Å². The molecule has 2 aliphatic heterocycles. The maximum Gasteiger partial charge on any atom is 0.242 e. The summed E-state index contributed by atoms with van der Waals surface area (Å²) in [6, 6.07) is 8.12. The third-order valence-electron chi connectivity index (χ3n) is 5.66. The fourth-order valence-electron chi connectivity index (χ4n) is 3.94. The lowest BCUT2D eigenvalue weighted by molar-refractivity contribution is -0.142. The minimum atomic E-state index is -1.01. The zero-order valence-corrected chi connectivity index (χ0v) is 15.2. The number of carbonyl (C=O) groups excluding carboxylic acids is 1. The number of benzene rings is 1. The molecule has 3 rings (SSSR count). The Morgan fingerprint density at radius 1 is 1.20 bits per heavy atom. The number of carbonyl (C=O) groups is 1. The molecule has 3 atom stereocenters. The van der Waals surface area contributed by atoms with Crippen molar-refractivity contribution in [3.8, 4) is 0 Å². The lowest BCUT2D eigenvalue weighted by Crippen LogP contribution is -2.60. The zero-order valence-electron chi connectivity index (χ0n) is 15.2. The van der Waals surface area contributed by atoms with E-state index in [-0.39, 0.29) is 5.91 Å². The fourth-order valence-corrected chi connectivity index (χ4v) is 3.94. The summed E-state index contributed by atoms with van der Waals surface area (Å²) in [5.41, 5.74) is 2.73. The van der Waals surface area contributed by atoms with E-state index in [0.717, 1.165) is 12.8 Å². The van der Waals surface area contributed by atoms with E-state index < -0.39 is 18.2 Å². The number of amides is 1. The van der Waals surface area contributed by atoms with E-state index in [1.54, 1.807) is 0 Å². The Kier molecular flexibility index (Phi) is 5.77. The molecule has 2 heterocycles. The molecule has 0 aromatic heterocycles. The van der Waals surface area contributed by atoms with E-state index in [2.05, 4.69) is 43.4 Å². The highest BCUT2D eigenvalue weighted by molar-refractivity contribution is 5.83. The Labute approximate surface area is 150 Å². The summed E-state index contributed by atoms with van der Waals surface area (Å²) in [5, 5.41) is 22.9. The monoisotopic (exact) mass is 346 g/mol. The van der Waals surface area contributed by atoms with Crippen LogP contribution in [-0.4, -0.2) is 58.9 Å². The summed E-state index contributed by atoms with van der Waals surface area (Å²) in [6.07, 6.45) is 0.546. The maximum absolute atomic E-state index is 12.7. The first-order chi connectivity index (χ1) is 12.0. The average Bonchev–Trinajstić information content (AvgIpc) is 2.63. The second-order valence-electron chi connectivity index (χ2n) is 7.70. The smallest absolute Gasteiger partial charge is 0.242 e. The average molecular weight is 346 g/mol. The van der Waals surface area contributed by atoms with Gasteiger partial charge < -0.3 is 20.4 Å². The van der Waals surface area contributed by atoms with Crippen molar-refractivity contribution >= 4 is 5.91 Å². The van der Waals surface area contributed by atoms with Gasteiger partial charge in [-0.1, -0.05) is 38.1 Å². The van der Waals surface area contributed by atoms with Crippen LogP contribution in [0.25, 0.3) is 0 Å². The van der Waals surface area contributed by atoms with Gasteiger partial charge in [0.1, 0.15) is 12.1 Å². The van der Waals surface area contributed by atoms with Crippen LogP contribution in [0.3, 0.4) is 0 Å². The molecule has 2 aliphatic rings. The molecule has 138 valence electrons. The number of likely N-dealkylation sites (tertiary alicyclic amines) is 1. The van der Waals surface area contributed by atoms with Crippen molar-refractivity contribution < 1.29 is 15.0 Å². The topological polar surface area (TPSA) is 72.8 Å². The Hall–Kier alpha value is -1.43. The van der Waals surface area contributed by atoms with Crippen LogP contribution in [0.5, 0.6) is 0 Å². The number of aliphatic hydroxyl groups excluding tert-OH is 2. The SMILES string of the molecule is CC(C)c1cccc(C2CCN(C(=O)C3NCCC(O)C3O)CC2)c1. The predicted octanol–water partition coefficient (Wildman–Crippen LogP) is 1.60. The van der Waals surface area contributed by atoms with Crippen LogP contribution >= 0.6 is 0 Å². The van der Waals surface area contributed by atoms with E-state index >= 15 is 0 Å². The summed E-state index contributed by atoms with van der Waals surface area (Å²) in [5.74, 6) is 0.921. The first-order valence-electron chi connectivity index (χ1n) is 9.45. The molecule has 5 nitrogen and oxygen atoms in total. The quantitative estimate of drug-likeness (QED) is 0.777. The Morgan fingerprint density at radius 3 is 2.60 bits per heavy atom. The van der Waals surface area contributed by atoms with Gasteiger partial charge in [-0.3, -0.25) is 4.79 Å². The van der Waals surface area contributed by atoms with Gasteiger partial charge in [0.15, 0.2) is 0 Å². The van der Waals surface area contributed by atoms with Crippen molar-refractivity contribution in [3.63, 3.8) is 0 Å². The van der Waals surface area contributed by atoms with Crippen molar-refractivity contribution in [2.45, 2.75) is 63.2 Å². The zero-order chi connectivity index (χ0) is 18.0. The number of nitrogens with one attached hydrogen (secondary N) is 1. The van der Waals surface area contributed by atoms with E-state index in [9.17, 15) is 15.0 Å². The maximum atomic E-state index is 12.7.